The van der Waals surface area contributed by atoms with Crippen LogP contribution >= 0.6 is 0 Å². The average molecular weight is 272 g/mol. The molecule has 0 aliphatic heterocycles. The summed E-state index contributed by atoms with van der Waals surface area (Å²) in [5.74, 6) is 0.0352. The highest BCUT2D eigenvalue weighted by Gasteiger charge is 2.14. The van der Waals surface area contributed by atoms with E-state index in [1.54, 1.807) is 19.2 Å². The van der Waals surface area contributed by atoms with Crippen molar-refractivity contribution in [3.63, 3.8) is 0 Å². The van der Waals surface area contributed by atoms with Crippen molar-refractivity contribution in [2.24, 2.45) is 0 Å². The van der Waals surface area contributed by atoms with Crippen LogP contribution in [0.15, 0.2) is 24.4 Å². The third-order valence-electron chi connectivity index (χ3n) is 2.53. The van der Waals surface area contributed by atoms with Crippen LogP contribution in [-0.2, 0) is 16.4 Å². The van der Waals surface area contributed by atoms with Crippen molar-refractivity contribution in [2.45, 2.75) is 32.2 Å². The first-order valence-corrected chi connectivity index (χ1v) is 7.69. The van der Waals surface area contributed by atoms with Gasteiger partial charge in [0.25, 0.3) is 0 Å². The summed E-state index contributed by atoms with van der Waals surface area (Å²) < 4.78 is 26.1. The molecule has 1 aromatic rings. The van der Waals surface area contributed by atoms with Crippen molar-refractivity contribution < 1.29 is 13.5 Å². The molecule has 1 heterocycles. The summed E-state index contributed by atoms with van der Waals surface area (Å²) in [6.45, 7) is 1.88. The number of aromatic nitrogens is 1. The molecule has 0 aliphatic carbocycles. The molecule has 6 heteroatoms. The molecule has 0 saturated carbocycles. The smallest absolute Gasteiger partial charge is 0.212 e. The zero-order valence-electron chi connectivity index (χ0n) is 10.5. The van der Waals surface area contributed by atoms with Crippen LogP contribution < -0.4 is 4.72 Å². The standard InChI is InChI=1S/C12H20N2O3S/c1-11(5-4-9-15)14-18(16,17)10-7-12-6-2-3-8-13-12/h2-3,6,8,11,14-15H,4-5,7,9-10H2,1H3. The summed E-state index contributed by atoms with van der Waals surface area (Å²) in [6.07, 6.45) is 3.30. The Morgan fingerprint density at radius 2 is 2.22 bits per heavy atom. The number of aliphatic hydroxyl groups is 1. The number of hydrogen-bond acceptors (Lipinski definition) is 4. The number of pyridine rings is 1. The fourth-order valence-electron chi connectivity index (χ4n) is 1.61. The first kappa shape index (κ1) is 15.1. The summed E-state index contributed by atoms with van der Waals surface area (Å²) in [7, 11) is -3.28. The van der Waals surface area contributed by atoms with Gasteiger partial charge in [-0.3, -0.25) is 4.98 Å². The summed E-state index contributed by atoms with van der Waals surface area (Å²) in [5.41, 5.74) is 0.769. The first-order valence-electron chi connectivity index (χ1n) is 6.04. The molecule has 1 unspecified atom stereocenters. The molecule has 0 aromatic carbocycles. The van der Waals surface area contributed by atoms with Gasteiger partial charge in [0.2, 0.25) is 10.0 Å². The van der Waals surface area contributed by atoms with Crippen molar-refractivity contribution in [1.29, 1.82) is 0 Å². The van der Waals surface area contributed by atoms with E-state index in [4.69, 9.17) is 5.11 Å². The molecule has 5 nitrogen and oxygen atoms in total. The molecule has 102 valence electrons. The Balaban J connectivity index is 2.40. The minimum atomic E-state index is -3.28. The summed E-state index contributed by atoms with van der Waals surface area (Å²) in [4.78, 5) is 4.09. The molecular weight excluding hydrogens is 252 g/mol. The van der Waals surface area contributed by atoms with E-state index in [1.165, 1.54) is 0 Å². The monoisotopic (exact) mass is 272 g/mol. The first-order chi connectivity index (χ1) is 8.53. The van der Waals surface area contributed by atoms with Crippen LogP contribution in [0.4, 0.5) is 0 Å². The Bertz CT molecular complexity index is 434. The van der Waals surface area contributed by atoms with Crippen molar-refractivity contribution in [3.8, 4) is 0 Å². The van der Waals surface area contributed by atoms with E-state index < -0.39 is 10.0 Å². The normalized spacial score (nSPS) is 13.4. The predicted molar refractivity (Wildman–Crippen MR) is 70.6 cm³/mol. The second-order valence-corrected chi connectivity index (χ2v) is 6.15. The molecule has 18 heavy (non-hydrogen) atoms. The summed E-state index contributed by atoms with van der Waals surface area (Å²) in [5, 5.41) is 8.68. The molecule has 0 bridgehead atoms. The van der Waals surface area contributed by atoms with E-state index in [0.29, 0.717) is 19.3 Å². The number of aryl methyl sites for hydroxylation is 1. The number of nitrogens with zero attached hydrogens (tertiary/aromatic N) is 1. The molecule has 1 aromatic heterocycles. The molecular formula is C12H20N2O3S. The van der Waals surface area contributed by atoms with Gasteiger partial charge in [0.05, 0.1) is 5.75 Å². The lowest BCUT2D eigenvalue weighted by molar-refractivity contribution is 0.279. The maximum absolute atomic E-state index is 11.8. The van der Waals surface area contributed by atoms with Gasteiger partial charge in [0.15, 0.2) is 0 Å². The second kappa shape index (κ2) is 7.45. The van der Waals surface area contributed by atoms with Gasteiger partial charge < -0.3 is 5.11 Å². The maximum Gasteiger partial charge on any atom is 0.212 e. The number of sulfonamides is 1. The van der Waals surface area contributed by atoms with Gasteiger partial charge in [-0.25, -0.2) is 13.1 Å². The van der Waals surface area contributed by atoms with E-state index in [1.807, 2.05) is 12.1 Å². The van der Waals surface area contributed by atoms with Crippen LogP contribution in [0.5, 0.6) is 0 Å². The Labute approximate surface area is 108 Å². The second-order valence-electron chi connectivity index (χ2n) is 4.27. The van der Waals surface area contributed by atoms with E-state index in [-0.39, 0.29) is 18.4 Å². The van der Waals surface area contributed by atoms with Gasteiger partial charge in [0, 0.05) is 31.0 Å². The molecule has 1 rings (SSSR count). The predicted octanol–water partition coefficient (Wildman–Crippen LogP) is 0.704. The van der Waals surface area contributed by atoms with E-state index in [2.05, 4.69) is 9.71 Å². The highest BCUT2D eigenvalue weighted by atomic mass is 32.2. The lowest BCUT2D eigenvalue weighted by Crippen LogP contribution is -2.35. The maximum atomic E-state index is 11.8. The van der Waals surface area contributed by atoms with Crippen molar-refractivity contribution in [3.05, 3.63) is 30.1 Å². The zero-order valence-corrected chi connectivity index (χ0v) is 11.4. The largest absolute Gasteiger partial charge is 0.396 e. The molecule has 2 N–H and O–H groups in total. The van der Waals surface area contributed by atoms with Gasteiger partial charge >= 0.3 is 0 Å². The zero-order chi connectivity index (χ0) is 13.4. The van der Waals surface area contributed by atoms with E-state index in [0.717, 1.165) is 5.69 Å². The van der Waals surface area contributed by atoms with Crippen LogP contribution in [0.1, 0.15) is 25.5 Å². The molecule has 0 radical (unpaired) electrons. The quantitative estimate of drug-likeness (QED) is 0.730. The van der Waals surface area contributed by atoms with Crippen LogP contribution in [0.3, 0.4) is 0 Å². The summed E-state index contributed by atoms with van der Waals surface area (Å²) >= 11 is 0. The van der Waals surface area contributed by atoms with Crippen molar-refractivity contribution in [1.82, 2.24) is 9.71 Å². The Morgan fingerprint density at radius 3 is 2.83 bits per heavy atom. The fraction of sp³-hybridized carbons (Fsp3) is 0.583. The minimum absolute atomic E-state index is 0.0352. The number of hydrogen-bond donors (Lipinski definition) is 2. The third-order valence-corrected chi connectivity index (χ3v) is 4.03. The average Bonchev–Trinajstić information content (AvgIpc) is 2.35. The van der Waals surface area contributed by atoms with Gasteiger partial charge in [-0.05, 0) is 31.9 Å². The van der Waals surface area contributed by atoms with Crippen LogP contribution in [-0.4, -0.2) is 36.9 Å². The number of nitrogens with one attached hydrogen (secondary N) is 1. The topological polar surface area (TPSA) is 79.3 Å². The Hall–Kier alpha value is -0.980. The van der Waals surface area contributed by atoms with E-state index in [9.17, 15) is 8.42 Å². The molecule has 0 amide bonds. The minimum Gasteiger partial charge on any atom is -0.396 e. The highest BCUT2D eigenvalue weighted by molar-refractivity contribution is 7.89. The van der Waals surface area contributed by atoms with Crippen molar-refractivity contribution in [2.75, 3.05) is 12.4 Å². The van der Waals surface area contributed by atoms with Gasteiger partial charge in [-0.1, -0.05) is 6.07 Å². The van der Waals surface area contributed by atoms with Gasteiger partial charge in [-0.2, -0.15) is 0 Å². The van der Waals surface area contributed by atoms with Gasteiger partial charge in [0.1, 0.15) is 0 Å². The molecule has 1 atom stereocenters. The lowest BCUT2D eigenvalue weighted by atomic mass is 10.2. The fourth-order valence-corrected chi connectivity index (χ4v) is 2.93. The van der Waals surface area contributed by atoms with E-state index >= 15 is 0 Å². The Morgan fingerprint density at radius 1 is 1.44 bits per heavy atom. The molecule has 0 spiro atoms. The molecule has 0 aliphatic rings. The summed E-state index contributed by atoms with van der Waals surface area (Å²) in [6, 6.07) is 5.30. The van der Waals surface area contributed by atoms with Crippen LogP contribution in [0.2, 0.25) is 0 Å². The lowest BCUT2D eigenvalue weighted by Gasteiger charge is -2.13. The highest BCUT2D eigenvalue weighted by Crippen LogP contribution is 2.01. The number of rotatable bonds is 8. The number of aliphatic hydroxyl groups excluding tert-OH is 1. The molecule has 0 fully saturated rings. The van der Waals surface area contributed by atoms with Crippen LogP contribution in [0.25, 0.3) is 0 Å². The third kappa shape index (κ3) is 6.09. The molecule has 0 saturated heterocycles. The SMILES string of the molecule is CC(CCCO)NS(=O)(=O)CCc1ccccn1. The Kier molecular flexibility index (Phi) is 6.24. The van der Waals surface area contributed by atoms with Crippen molar-refractivity contribution >= 4 is 10.0 Å². The van der Waals surface area contributed by atoms with Crippen LogP contribution in [0, 0.1) is 0 Å². The van der Waals surface area contributed by atoms with Gasteiger partial charge in [-0.15, -0.1) is 0 Å².